The van der Waals surface area contributed by atoms with Crippen LogP contribution >= 0.6 is 0 Å². The van der Waals surface area contributed by atoms with Crippen molar-refractivity contribution in [1.82, 2.24) is 13.7 Å². The highest BCUT2D eigenvalue weighted by Gasteiger charge is 2.67. The number of hydrogen-bond donors (Lipinski definition) is 2. The number of fused-ring (bicyclic) bond motifs is 14. The van der Waals surface area contributed by atoms with Gasteiger partial charge in [0.1, 0.15) is 31.7 Å². The third-order valence-corrected chi connectivity index (χ3v) is 36.7. The van der Waals surface area contributed by atoms with Gasteiger partial charge >= 0.3 is 18.5 Å². The molecule has 13 atom stereocenters. The molecule has 7 aromatic carbocycles. The predicted molar refractivity (Wildman–Crippen MR) is 393 cm³/mol. The highest BCUT2D eigenvalue weighted by atomic mass is 32.2. The number of sulfone groups is 3. The van der Waals surface area contributed by atoms with E-state index in [4.69, 9.17) is 14.2 Å². The molecule has 113 heavy (non-hydrogen) atoms. The van der Waals surface area contributed by atoms with Gasteiger partial charge in [-0.1, -0.05) is 29.8 Å². The maximum Gasteiger partial charge on any atom is 0.416 e. The van der Waals surface area contributed by atoms with Gasteiger partial charge in [0.2, 0.25) is 0 Å². The summed E-state index contributed by atoms with van der Waals surface area (Å²) in [5, 5.41) is 0. The lowest BCUT2D eigenvalue weighted by Crippen LogP contribution is -2.63. The normalized spacial score (nSPS) is 30.0. The lowest BCUT2D eigenvalue weighted by atomic mass is 9.64. The predicted octanol–water partition coefficient (Wildman–Crippen LogP) is 14.7. The number of hydrogen-bond acceptors (Lipinski definition) is 12. The molecule has 7 aromatic rings. The standard InChI is InChI=1S/C31H30F5NO4S2.C23H22F5NO4S2.C23H20F5NO4S2/c1-19-3-5-20(6-4-19)17-37-27-13-15-30(43(39,40)22-9-7-21(8-10-22)31(34,35)36)24(23(27)14-16-42(37,2)38)18-41-29-26(33)12-11-25(32)28(29)30;2*1-34(30)11-9-15-16-12-33-21-18(25)7-6-17(24)20(21)22(16,10-8-19(15)29-34)35(31,32)14-4-2-13(3-5-14)23(26,27)28/h3-12,23-24,27H,2,13-18H2,1H3;2-7,15-16,19H,1,8-12H2,(H,29,30);2-7,16H,1,8-12H2,(H,29,30)/t23?,24-,27+,30-,42?;15?,16-,19+,22-,34?;16-,22-,34?/m000/s1. The molecule has 2 saturated carbocycles. The summed E-state index contributed by atoms with van der Waals surface area (Å²) < 4.78 is 353. The number of aryl methyl sites for hydroxylation is 1. The molecule has 3 aliphatic carbocycles. The Bertz CT molecular complexity index is 5740. The van der Waals surface area contributed by atoms with Crippen molar-refractivity contribution in [3.63, 3.8) is 0 Å². The number of ether oxygens (including phenoxy) is 3. The van der Waals surface area contributed by atoms with E-state index in [2.05, 4.69) is 27.1 Å². The van der Waals surface area contributed by atoms with Gasteiger partial charge in [-0.05, 0) is 214 Å². The van der Waals surface area contributed by atoms with Crippen molar-refractivity contribution in [2.24, 2.45) is 29.6 Å². The summed E-state index contributed by atoms with van der Waals surface area (Å²) in [6, 6.07) is 21.1. The van der Waals surface area contributed by atoms with E-state index in [1.165, 1.54) is 0 Å². The second-order valence-electron chi connectivity index (χ2n) is 29.8. The van der Waals surface area contributed by atoms with Gasteiger partial charge < -0.3 is 18.9 Å². The van der Waals surface area contributed by atoms with Crippen LogP contribution in [-0.2, 0) is 97.9 Å². The molecular weight excluding hydrogens is 1640 g/mol. The Morgan fingerprint density at radius 2 is 0.858 bits per heavy atom. The quantitative estimate of drug-likeness (QED) is 0.108. The van der Waals surface area contributed by atoms with Gasteiger partial charge in [-0.3, -0.25) is 8.42 Å². The molecule has 15 nitrogen and oxygen atoms in total. The van der Waals surface area contributed by atoms with E-state index in [0.29, 0.717) is 67.1 Å². The molecule has 6 heterocycles. The van der Waals surface area contributed by atoms with Crippen LogP contribution in [0, 0.1) is 71.4 Å². The summed E-state index contributed by atoms with van der Waals surface area (Å²) in [5.41, 5.74) is -1.40. The van der Waals surface area contributed by atoms with Crippen molar-refractivity contribution in [3.8, 4) is 17.2 Å². The first-order valence-corrected chi connectivity index (χ1v) is 45.6. The van der Waals surface area contributed by atoms with E-state index in [-0.39, 0.29) is 88.1 Å². The second-order valence-corrected chi connectivity index (χ2v) is 43.4. The fraction of sp³-hybridized carbons (Fsp3) is 0.390. The Morgan fingerprint density at radius 1 is 0.460 bits per heavy atom. The highest BCUT2D eigenvalue weighted by Crippen LogP contribution is 2.64. The summed E-state index contributed by atoms with van der Waals surface area (Å²) in [4.78, 5) is -1.29. The lowest BCUT2D eigenvalue weighted by Gasteiger charge is -2.57. The lowest BCUT2D eigenvalue weighted by molar-refractivity contribution is -0.138. The SMILES string of the molecule is C=S1(=O)CCC2=C(CC[C@@]3(S(=O)(=O)c4ccc(C(F)(F)F)cc4)c4c(F)ccc(F)c4OC[C@@H]23)N1.C=S1(=O)CCC2[C@@H](CC[C@@]3(S(=O)(=O)c4ccc(C(F)(F)F)cc4)c4c(F)ccc(F)c4OC[C@@H]23)N1.C=S1(=O)CCC2[C@@H](CC[C@@]3(S(=O)(=O)c4ccc(C(F)(F)F)cc4)c4c(F)ccc(F)c4OC[C@@H]23)N1Cc1ccc(C)cc1. The molecular formula is C77H72F15N3O12S6. The number of alkyl halides is 9. The summed E-state index contributed by atoms with van der Waals surface area (Å²) in [6.45, 7) is 1.45. The number of halogens is 15. The summed E-state index contributed by atoms with van der Waals surface area (Å²) in [5.74, 6) is 0.943. The molecule has 608 valence electrons. The topological polar surface area (TPSA) is 209 Å². The number of nitrogens with zero attached hydrogens (tertiary/aromatic N) is 1. The Kier molecular flexibility index (Phi) is 20.7. The maximum atomic E-state index is 15.8. The molecule has 0 bridgehead atoms. The molecule has 36 heteroatoms. The molecule has 9 aliphatic rings. The van der Waals surface area contributed by atoms with Crippen molar-refractivity contribution in [2.45, 2.75) is 131 Å². The van der Waals surface area contributed by atoms with E-state index in [9.17, 15) is 86.2 Å². The van der Waals surface area contributed by atoms with Gasteiger partial charge in [0.15, 0.2) is 64.2 Å². The van der Waals surface area contributed by atoms with Gasteiger partial charge in [0.05, 0.1) is 67.9 Å². The van der Waals surface area contributed by atoms with Crippen LogP contribution in [0.3, 0.4) is 0 Å². The smallest absolute Gasteiger partial charge is 0.416 e. The molecule has 0 amide bonds. The first-order chi connectivity index (χ1) is 52.7. The van der Waals surface area contributed by atoms with Crippen molar-refractivity contribution in [3.05, 3.63) is 224 Å². The largest absolute Gasteiger partial charge is 0.490 e. The molecule has 2 N–H and O–H groups in total. The zero-order valence-corrected chi connectivity index (χ0v) is 64.5. The molecule has 0 radical (unpaired) electrons. The Hall–Kier alpha value is -7.74. The number of benzene rings is 7. The molecule has 2 saturated heterocycles. The second kappa shape index (κ2) is 28.6. The number of nitrogens with one attached hydrogen (secondary N) is 2. The van der Waals surface area contributed by atoms with Gasteiger partial charge in [0, 0.05) is 88.5 Å². The van der Waals surface area contributed by atoms with E-state index >= 15 is 17.6 Å². The van der Waals surface area contributed by atoms with Crippen molar-refractivity contribution < 1.29 is 118 Å². The first-order valence-electron chi connectivity index (χ1n) is 35.5. The Balaban J connectivity index is 0.000000142. The van der Waals surface area contributed by atoms with E-state index in [1.54, 1.807) is 0 Å². The minimum Gasteiger partial charge on any atom is -0.490 e. The average molecular weight is 1710 g/mol. The van der Waals surface area contributed by atoms with E-state index in [0.717, 1.165) is 83.9 Å². The minimum atomic E-state index is -4.69. The van der Waals surface area contributed by atoms with Crippen molar-refractivity contribution >= 4 is 76.2 Å². The van der Waals surface area contributed by atoms with Crippen LogP contribution in [-0.4, -0.2) is 109 Å². The fourth-order valence-corrected chi connectivity index (χ4v) is 30.6. The zero-order valence-electron chi connectivity index (χ0n) is 59.6. The van der Waals surface area contributed by atoms with E-state index in [1.807, 2.05) is 35.5 Å². The van der Waals surface area contributed by atoms with Crippen LogP contribution in [0.15, 0.2) is 159 Å². The monoisotopic (exact) mass is 1710 g/mol. The zero-order chi connectivity index (χ0) is 81.7. The maximum absolute atomic E-state index is 15.8. The van der Waals surface area contributed by atoms with Crippen molar-refractivity contribution in [2.75, 3.05) is 37.1 Å². The molecule has 0 aromatic heterocycles. The number of allylic oxidation sites excluding steroid dienone is 1. The van der Waals surface area contributed by atoms with E-state index < -0.39 is 227 Å². The molecule has 16 rings (SSSR count). The van der Waals surface area contributed by atoms with Crippen molar-refractivity contribution in [1.29, 1.82) is 0 Å². The van der Waals surface area contributed by atoms with Gasteiger partial charge in [-0.15, -0.1) is 0 Å². The molecule has 6 aliphatic heterocycles. The molecule has 4 fully saturated rings. The summed E-state index contributed by atoms with van der Waals surface area (Å²) >= 11 is 0. The van der Waals surface area contributed by atoms with Crippen LogP contribution in [0.25, 0.3) is 0 Å². The third-order valence-electron chi connectivity index (χ3n) is 23.8. The third kappa shape index (κ3) is 13.8. The van der Waals surface area contributed by atoms with Crippen LogP contribution < -0.4 is 23.7 Å². The fourth-order valence-electron chi connectivity index (χ4n) is 18.5. The van der Waals surface area contributed by atoms with Gasteiger partial charge in [-0.25, -0.2) is 64.8 Å². The van der Waals surface area contributed by atoms with Crippen LogP contribution in [0.1, 0.15) is 102 Å². The van der Waals surface area contributed by atoms with Crippen LogP contribution in [0.4, 0.5) is 65.9 Å². The van der Waals surface area contributed by atoms with Crippen LogP contribution in [0.5, 0.6) is 17.2 Å². The van der Waals surface area contributed by atoms with Gasteiger partial charge in [-0.2, -0.15) is 39.5 Å². The minimum absolute atomic E-state index is 0.0492. The molecule has 5 unspecified atom stereocenters. The number of rotatable bonds is 8. The summed E-state index contributed by atoms with van der Waals surface area (Å²) in [7, 11) is -21.7. The average Bonchev–Trinajstić information content (AvgIpc) is 0.696. The Morgan fingerprint density at radius 3 is 1.31 bits per heavy atom. The molecule has 0 spiro atoms. The highest BCUT2D eigenvalue weighted by molar-refractivity contribution is 7.99. The first kappa shape index (κ1) is 81.8. The van der Waals surface area contributed by atoms with Crippen LogP contribution in [0.2, 0.25) is 0 Å². The summed E-state index contributed by atoms with van der Waals surface area (Å²) in [6.07, 6.45) is -13.4. The Labute approximate surface area is 642 Å². The van der Waals surface area contributed by atoms with Gasteiger partial charge in [0.25, 0.3) is 0 Å².